The Morgan fingerprint density at radius 2 is 2.15 bits per heavy atom. The SMILES string of the molecule is Cc1ccc(Cl)cc1NC(=O)C[NH+]1CCCC[C@H]1c1nc2ccccc2s1. The van der Waals surface area contributed by atoms with Crippen LogP contribution in [0.1, 0.15) is 35.9 Å². The van der Waals surface area contributed by atoms with Crippen LogP contribution in [-0.4, -0.2) is 24.0 Å². The van der Waals surface area contributed by atoms with E-state index in [1.807, 2.05) is 31.2 Å². The van der Waals surface area contributed by atoms with Crippen molar-refractivity contribution in [2.75, 3.05) is 18.4 Å². The molecule has 6 heteroatoms. The van der Waals surface area contributed by atoms with E-state index in [0.717, 1.165) is 41.2 Å². The number of fused-ring (bicyclic) bond motifs is 1. The topological polar surface area (TPSA) is 46.4 Å². The first-order valence-corrected chi connectivity index (χ1v) is 10.6. The fourth-order valence-electron chi connectivity index (χ4n) is 3.76. The number of aryl methyl sites for hydroxylation is 1. The van der Waals surface area contributed by atoms with Crippen molar-refractivity contribution in [2.45, 2.75) is 32.2 Å². The molecule has 1 aliphatic heterocycles. The molecule has 0 radical (unpaired) electrons. The van der Waals surface area contributed by atoms with Gasteiger partial charge in [0.15, 0.2) is 11.6 Å². The van der Waals surface area contributed by atoms with Crippen LogP contribution in [0, 0.1) is 6.92 Å². The number of anilines is 1. The Hall–Kier alpha value is -1.95. The predicted octanol–water partition coefficient (Wildman–Crippen LogP) is 4.01. The summed E-state index contributed by atoms with van der Waals surface area (Å²) in [5, 5.41) is 4.82. The normalized spacial score (nSPS) is 19.9. The molecule has 27 heavy (non-hydrogen) atoms. The number of hydrogen-bond acceptors (Lipinski definition) is 3. The maximum atomic E-state index is 12.7. The van der Waals surface area contributed by atoms with Crippen LogP contribution in [0.25, 0.3) is 10.2 Å². The smallest absolute Gasteiger partial charge is 0.279 e. The van der Waals surface area contributed by atoms with Crippen molar-refractivity contribution >= 4 is 44.7 Å². The molecule has 4 nitrogen and oxygen atoms in total. The zero-order valence-corrected chi connectivity index (χ0v) is 16.9. The van der Waals surface area contributed by atoms with Crippen LogP contribution in [0.3, 0.4) is 0 Å². The van der Waals surface area contributed by atoms with Gasteiger partial charge in [-0.15, -0.1) is 11.3 Å². The van der Waals surface area contributed by atoms with E-state index in [0.29, 0.717) is 17.6 Å². The van der Waals surface area contributed by atoms with Gasteiger partial charge in [-0.1, -0.05) is 29.8 Å². The minimum absolute atomic E-state index is 0.0309. The second-order valence-electron chi connectivity index (χ2n) is 7.16. The first-order chi connectivity index (χ1) is 13.1. The second kappa shape index (κ2) is 7.97. The number of benzene rings is 2. The van der Waals surface area contributed by atoms with Gasteiger partial charge in [0.2, 0.25) is 0 Å². The lowest BCUT2D eigenvalue weighted by Crippen LogP contribution is -3.14. The van der Waals surface area contributed by atoms with E-state index < -0.39 is 0 Å². The molecule has 0 bridgehead atoms. The minimum atomic E-state index is 0.0309. The minimum Gasteiger partial charge on any atom is -0.321 e. The molecule has 1 saturated heterocycles. The van der Waals surface area contributed by atoms with Crippen molar-refractivity contribution in [2.24, 2.45) is 0 Å². The van der Waals surface area contributed by atoms with Gasteiger partial charge in [-0.3, -0.25) is 4.79 Å². The van der Waals surface area contributed by atoms with Crippen LogP contribution >= 0.6 is 22.9 Å². The van der Waals surface area contributed by atoms with Gasteiger partial charge in [0.25, 0.3) is 5.91 Å². The molecule has 3 aromatic rings. The highest BCUT2D eigenvalue weighted by atomic mass is 35.5. The summed E-state index contributed by atoms with van der Waals surface area (Å²) < 4.78 is 1.22. The zero-order valence-electron chi connectivity index (χ0n) is 15.3. The average molecular weight is 401 g/mol. The van der Waals surface area contributed by atoms with Gasteiger partial charge >= 0.3 is 0 Å². The number of amides is 1. The molecule has 0 spiro atoms. The molecule has 1 aromatic heterocycles. The number of likely N-dealkylation sites (tertiary alicyclic amines) is 1. The molecule has 2 atom stereocenters. The predicted molar refractivity (Wildman–Crippen MR) is 112 cm³/mol. The van der Waals surface area contributed by atoms with E-state index in [2.05, 4.69) is 23.5 Å². The van der Waals surface area contributed by atoms with Crippen molar-refractivity contribution in [3.8, 4) is 0 Å². The summed E-state index contributed by atoms with van der Waals surface area (Å²) in [6, 6.07) is 14.1. The van der Waals surface area contributed by atoms with Crippen molar-refractivity contribution in [3.63, 3.8) is 0 Å². The fraction of sp³-hybridized carbons (Fsp3) is 0.333. The quantitative estimate of drug-likeness (QED) is 0.695. The summed E-state index contributed by atoms with van der Waals surface area (Å²) in [5.74, 6) is 0.0309. The molecule has 1 fully saturated rings. The van der Waals surface area contributed by atoms with Crippen LogP contribution in [-0.2, 0) is 4.79 Å². The van der Waals surface area contributed by atoms with Crippen LogP contribution in [0.2, 0.25) is 5.02 Å². The van der Waals surface area contributed by atoms with Crippen molar-refractivity contribution in [1.29, 1.82) is 0 Å². The second-order valence-corrected chi connectivity index (χ2v) is 8.66. The van der Waals surface area contributed by atoms with Crippen LogP contribution < -0.4 is 10.2 Å². The van der Waals surface area contributed by atoms with E-state index in [-0.39, 0.29) is 5.91 Å². The molecule has 0 aliphatic carbocycles. The number of carbonyl (C=O) groups excluding carboxylic acids is 1. The number of rotatable bonds is 4. The summed E-state index contributed by atoms with van der Waals surface area (Å²) >= 11 is 7.83. The number of carbonyl (C=O) groups is 1. The number of nitrogens with zero attached hydrogens (tertiary/aromatic N) is 1. The Morgan fingerprint density at radius 1 is 1.30 bits per heavy atom. The standard InChI is InChI=1S/C21H22ClN3OS/c1-14-9-10-15(22)12-17(14)23-20(26)13-25-11-5-4-7-18(25)21-24-16-6-2-3-8-19(16)27-21/h2-3,6,8-10,12,18H,4-5,7,11,13H2,1H3,(H,23,26)/p+1/t18-/m0/s1. The molecule has 140 valence electrons. The monoisotopic (exact) mass is 400 g/mol. The van der Waals surface area contributed by atoms with Crippen molar-refractivity contribution in [1.82, 2.24) is 4.98 Å². The molecular weight excluding hydrogens is 378 g/mol. The number of aromatic nitrogens is 1. The first-order valence-electron chi connectivity index (χ1n) is 9.36. The third-order valence-corrected chi connectivity index (χ3v) is 6.59. The van der Waals surface area contributed by atoms with E-state index in [1.54, 1.807) is 11.3 Å². The Balaban J connectivity index is 1.50. The highest BCUT2D eigenvalue weighted by Crippen LogP contribution is 2.28. The van der Waals surface area contributed by atoms with Gasteiger partial charge in [0.05, 0.1) is 16.8 Å². The summed E-state index contributed by atoms with van der Waals surface area (Å²) in [4.78, 5) is 18.9. The maximum Gasteiger partial charge on any atom is 0.279 e. The van der Waals surface area contributed by atoms with Gasteiger partial charge in [0, 0.05) is 17.1 Å². The molecule has 2 N–H and O–H groups in total. The van der Waals surface area contributed by atoms with Gasteiger partial charge in [0.1, 0.15) is 6.04 Å². The Bertz CT molecular complexity index is 938. The van der Waals surface area contributed by atoms with Crippen LogP contribution in [0.5, 0.6) is 0 Å². The van der Waals surface area contributed by atoms with Crippen LogP contribution in [0.4, 0.5) is 5.69 Å². The molecule has 4 rings (SSSR count). The highest BCUT2D eigenvalue weighted by molar-refractivity contribution is 7.18. The fourth-order valence-corrected chi connectivity index (χ4v) is 5.09. The van der Waals surface area contributed by atoms with Gasteiger partial charge in [-0.05, 0) is 49.6 Å². The van der Waals surface area contributed by atoms with E-state index >= 15 is 0 Å². The van der Waals surface area contributed by atoms with Crippen molar-refractivity contribution < 1.29 is 9.69 Å². The lowest BCUT2D eigenvalue weighted by Gasteiger charge is -2.30. The largest absolute Gasteiger partial charge is 0.321 e. The number of para-hydroxylation sites is 1. The molecule has 0 saturated carbocycles. The van der Waals surface area contributed by atoms with E-state index in [1.165, 1.54) is 16.0 Å². The van der Waals surface area contributed by atoms with E-state index in [9.17, 15) is 4.79 Å². The number of thiazole rings is 1. The molecule has 1 amide bonds. The Morgan fingerprint density at radius 3 is 3.00 bits per heavy atom. The third-order valence-electron chi connectivity index (χ3n) is 5.20. The number of piperidine rings is 1. The number of nitrogens with one attached hydrogen (secondary N) is 2. The number of quaternary nitrogens is 1. The summed E-state index contributed by atoms with van der Waals surface area (Å²) in [5.41, 5.74) is 2.87. The van der Waals surface area contributed by atoms with Crippen molar-refractivity contribution in [3.05, 3.63) is 58.1 Å². The Labute approximate surface area is 168 Å². The maximum absolute atomic E-state index is 12.7. The van der Waals surface area contributed by atoms with Gasteiger partial charge < -0.3 is 10.2 Å². The average Bonchev–Trinajstić information content (AvgIpc) is 3.09. The lowest BCUT2D eigenvalue weighted by atomic mass is 10.0. The molecular formula is C21H23ClN3OS+. The molecule has 2 heterocycles. The van der Waals surface area contributed by atoms with Crippen LogP contribution in [0.15, 0.2) is 42.5 Å². The number of halogens is 1. The molecule has 1 unspecified atom stereocenters. The summed E-state index contributed by atoms with van der Waals surface area (Å²) in [6.07, 6.45) is 3.43. The van der Waals surface area contributed by atoms with Gasteiger partial charge in [-0.25, -0.2) is 4.98 Å². The highest BCUT2D eigenvalue weighted by Gasteiger charge is 2.32. The Kier molecular flexibility index (Phi) is 5.43. The zero-order chi connectivity index (χ0) is 18.8. The lowest BCUT2D eigenvalue weighted by molar-refractivity contribution is -0.929. The third kappa shape index (κ3) is 4.15. The van der Waals surface area contributed by atoms with E-state index in [4.69, 9.17) is 16.6 Å². The molecule has 1 aliphatic rings. The van der Waals surface area contributed by atoms with Gasteiger partial charge in [-0.2, -0.15) is 0 Å². The summed E-state index contributed by atoms with van der Waals surface area (Å²) in [6.45, 7) is 3.43. The number of hydrogen-bond donors (Lipinski definition) is 2. The molecule has 2 aromatic carbocycles. The first kappa shape index (κ1) is 18.4. The summed E-state index contributed by atoms with van der Waals surface area (Å²) in [7, 11) is 0.